The first kappa shape index (κ1) is 15.1. The van der Waals surface area contributed by atoms with Gasteiger partial charge in [-0.2, -0.15) is 0 Å². The predicted molar refractivity (Wildman–Crippen MR) is 77.2 cm³/mol. The monoisotopic (exact) mass is 249 g/mol. The molecule has 0 aliphatic rings. The van der Waals surface area contributed by atoms with Crippen molar-refractivity contribution >= 4 is 0 Å². The van der Waals surface area contributed by atoms with E-state index in [-0.39, 0.29) is 0 Å². The van der Waals surface area contributed by atoms with Crippen molar-refractivity contribution in [3.05, 3.63) is 29.6 Å². The summed E-state index contributed by atoms with van der Waals surface area (Å²) in [5.74, 6) is 0.794. The molecule has 1 heterocycles. The fraction of sp³-hybridized carbons (Fsp3) is 0.667. The van der Waals surface area contributed by atoms with Gasteiger partial charge in [0.2, 0.25) is 0 Å². The molecule has 0 fully saturated rings. The van der Waals surface area contributed by atoms with Gasteiger partial charge >= 0.3 is 0 Å². The minimum atomic E-state index is 0.526. The van der Waals surface area contributed by atoms with Gasteiger partial charge in [-0.05, 0) is 24.1 Å². The zero-order valence-electron chi connectivity index (χ0n) is 12.0. The quantitative estimate of drug-likeness (QED) is 0.770. The lowest BCUT2D eigenvalue weighted by molar-refractivity contribution is 0.225. The van der Waals surface area contributed by atoms with Crippen LogP contribution in [0.1, 0.15) is 44.9 Å². The van der Waals surface area contributed by atoms with Crippen LogP contribution in [0.15, 0.2) is 18.3 Å². The molecule has 0 aromatic carbocycles. The third kappa shape index (κ3) is 4.39. The van der Waals surface area contributed by atoms with Crippen molar-refractivity contribution in [1.29, 1.82) is 0 Å². The minimum absolute atomic E-state index is 0.526. The third-order valence-corrected chi connectivity index (χ3v) is 3.69. The van der Waals surface area contributed by atoms with Gasteiger partial charge in [0.25, 0.3) is 0 Å². The first-order chi connectivity index (χ1) is 8.74. The first-order valence-corrected chi connectivity index (χ1v) is 7.10. The summed E-state index contributed by atoms with van der Waals surface area (Å²) in [6.45, 7) is 10.5. The van der Waals surface area contributed by atoms with Crippen LogP contribution in [0.25, 0.3) is 0 Å². The fourth-order valence-electron chi connectivity index (χ4n) is 2.26. The predicted octanol–water partition coefficient (Wildman–Crippen LogP) is 2.80. The Balaban J connectivity index is 2.67. The molecule has 1 aromatic heterocycles. The highest BCUT2D eigenvalue weighted by Crippen LogP contribution is 2.14. The summed E-state index contributed by atoms with van der Waals surface area (Å²) in [5.41, 5.74) is 8.04. The number of rotatable bonds is 8. The van der Waals surface area contributed by atoms with Gasteiger partial charge in [-0.15, -0.1) is 0 Å². The second-order valence-corrected chi connectivity index (χ2v) is 4.82. The van der Waals surface area contributed by atoms with Gasteiger partial charge < -0.3 is 5.73 Å². The third-order valence-electron chi connectivity index (χ3n) is 3.69. The van der Waals surface area contributed by atoms with Crippen LogP contribution >= 0.6 is 0 Å². The van der Waals surface area contributed by atoms with E-state index in [2.05, 4.69) is 36.7 Å². The van der Waals surface area contributed by atoms with Gasteiger partial charge in [0.05, 0.1) is 5.69 Å². The second kappa shape index (κ2) is 8.22. The van der Waals surface area contributed by atoms with Crippen molar-refractivity contribution in [3.8, 4) is 0 Å². The molecule has 0 unspecified atom stereocenters. The van der Waals surface area contributed by atoms with Gasteiger partial charge in [-0.25, -0.2) is 0 Å². The number of nitrogens with two attached hydrogens (primary N) is 1. The van der Waals surface area contributed by atoms with E-state index < -0.39 is 0 Å². The minimum Gasteiger partial charge on any atom is -0.325 e. The molecule has 3 nitrogen and oxygen atoms in total. The average Bonchev–Trinajstić information content (AvgIpc) is 2.43. The Morgan fingerprint density at radius 3 is 2.56 bits per heavy atom. The number of hydrogen-bond donors (Lipinski definition) is 1. The van der Waals surface area contributed by atoms with E-state index in [1.807, 2.05) is 12.3 Å². The Labute approximate surface area is 111 Å². The molecule has 1 rings (SSSR count). The van der Waals surface area contributed by atoms with Crippen LogP contribution in [-0.4, -0.2) is 23.0 Å². The number of aromatic nitrogens is 1. The summed E-state index contributed by atoms with van der Waals surface area (Å²) >= 11 is 0. The Morgan fingerprint density at radius 1 is 1.28 bits per heavy atom. The highest BCUT2D eigenvalue weighted by Gasteiger charge is 2.12. The molecule has 0 radical (unpaired) electrons. The molecule has 3 heteroatoms. The molecule has 0 aliphatic heterocycles. The maximum absolute atomic E-state index is 5.74. The highest BCUT2D eigenvalue weighted by atomic mass is 15.1. The summed E-state index contributed by atoms with van der Waals surface area (Å²) in [5, 5.41) is 0. The SMILES string of the molecule is CCC(CC)CN(CC)Cc1cccnc1CN. The number of pyridine rings is 1. The van der Waals surface area contributed by atoms with Crippen molar-refractivity contribution < 1.29 is 0 Å². The fourth-order valence-corrected chi connectivity index (χ4v) is 2.26. The van der Waals surface area contributed by atoms with Crippen molar-refractivity contribution in [2.75, 3.05) is 13.1 Å². The van der Waals surface area contributed by atoms with Gasteiger partial charge in [-0.1, -0.05) is 39.7 Å². The van der Waals surface area contributed by atoms with E-state index in [9.17, 15) is 0 Å². The molecule has 0 saturated carbocycles. The smallest absolute Gasteiger partial charge is 0.0584 e. The van der Waals surface area contributed by atoms with Gasteiger partial charge in [0.15, 0.2) is 0 Å². The largest absolute Gasteiger partial charge is 0.325 e. The maximum atomic E-state index is 5.74. The van der Waals surface area contributed by atoms with E-state index in [1.165, 1.54) is 24.9 Å². The molecule has 0 saturated heterocycles. The Morgan fingerprint density at radius 2 is 2.00 bits per heavy atom. The van der Waals surface area contributed by atoms with Crippen LogP contribution < -0.4 is 5.73 Å². The van der Waals surface area contributed by atoms with Crippen molar-refractivity contribution in [2.45, 2.75) is 46.7 Å². The molecular weight excluding hydrogens is 222 g/mol. The molecule has 0 spiro atoms. The van der Waals surface area contributed by atoms with Crippen LogP contribution in [0.2, 0.25) is 0 Å². The van der Waals surface area contributed by atoms with Crippen LogP contribution in [0.3, 0.4) is 0 Å². The van der Waals surface area contributed by atoms with E-state index in [0.717, 1.165) is 24.7 Å². The first-order valence-electron chi connectivity index (χ1n) is 7.10. The van der Waals surface area contributed by atoms with Gasteiger partial charge in [-0.3, -0.25) is 9.88 Å². The number of hydrogen-bond acceptors (Lipinski definition) is 3. The molecule has 18 heavy (non-hydrogen) atoms. The molecule has 0 atom stereocenters. The van der Waals surface area contributed by atoms with Crippen molar-refractivity contribution in [2.24, 2.45) is 11.7 Å². The summed E-state index contributed by atoms with van der Waals surface area (Å²) in [4.78, 5) is 6.85. The Bertz CT molecular complexity index is 334. The maximum Gasteiger partial charge on any atom is 0.0584 e. The Kier molecular flexibility index (Phi) is 6.91. The standard InChI is InChI=1S/C15H27N3/c1-4-13(5-2)11-18(6-3)12-14-8-7-9-17-15(14)10-16/h7-9,13H,4-6,10-12,16H2,1-3H3. The molecule has 1 aromatic rings. The topological polar surface area (TPSA) is 42.2 Å². The van der Waals surface area contributed by atoms with E-state index in [1.54, 1.807) is 0 Å². The van der Waals surface area contributed by atoms with E-state index >= 15 is 0 Å². The second-order valence-electron chi connectivity index (χ2n) is 4.82. The molecule has 0 bridgehead atoms. The summed E-state index contributed by atoms with van der Waals surface area (Å²) < 4.78 is 0. The van der Waals surface area contributed by atoms with Crippen LogP contribution in [0.4, 0.5) is 0 Å². The zero-order chi connectivity index (χ0) is 13.4. The average molecular weight is 249 g/mol. The van der Waals surface area contributed by atoms with Crippen LogP contribution in [-0.2, 0) is 13.1 Å². The van der Waals surface area contributed by atoms with Crippen molar-refractivity contribution in [1.82, 2.24) is 9.88 Å². The van der Waals surface area contributed by atoms with E-state index in [0.29, 0.717) is 6.54 Å². The molecule has 0 amide bonds. The number of nitrogens with zero attached hydrogens (tertiary/aromatic N) is 2. The molecule has 0 aliphatic carbocycles. The molecule has 102 valence electrons. The van der Waals surface area contributed by atoms with E-state index in [4.69, 9.17) is 5.73 Å². The zero-order valence-corrected chi connectivity index (χ0v) is 12.0. The van der Waals surface area contributed by atoms with Gasteiger partial charge in [0, 0.05) is 25.8 Å². The highest BCUT2D eigenvalue weighted by molar-refractivity contribution is 5.19. The van der Waals surface area contributed by atoms with Crippen molar-refractivity contribution in [3.63, 3.8) is 0 Å². The lowest BCUT2D eigenvalue weighted by Crippen LogP contribution is -2.29. The van der Waals surface area contributed by atoms with Crippen LogP contribution in [0.5, 0.6) is 0 Å². The lowest BCUT2D eigenvalue weighted by atomic mass is 10.0. The van der Waals surface area contributed by atoms with Crippen LogP contribution in [0, 0.1) is 5.92 Å². The molecular formula is C15H27N3. The van der Waals surface area contributed by atoms with Gasteiger partial charge in [0.1, 0.15) is 0 Å². The Hall–Kier alpha value is -0.930. The summed E-state index contributed by atoms with van der Waals surface area (Å²) in [7, 11) is 0. The lowest BCUT2D eigenvalue weighted by Gasteiger charge is -2.25. The normalized spacial score (nSPS) is 11.4. The summed E-state index contributed by atoms with van der Waals surface area (Å²) in [6, 6.07) is 4.14. The summed E-state index contributed by atoms with van der Waals surface area (Å²) in [6.07, 6.45) is 4.33. The molecule has 2 N–H and O–H groups in total.